The molecule has 1 rings (SSSR count). The summed E-state index contributed by atoms with van der Waals surface area (Å²) in [5, 5.41) is 0. The minimum Gasteiger partial charge on any atom is -0.415 e. The molecule has 0 N–H and O–H groups in total. The Labute approximate surface area is 214 Å². The molecule has 1 saturated heterocycles. The van der Waals surface area contributed by atoms with Crippen LogP contribution in [0.4, 0.5) is 0 Å². The van der Waals surface area contributed by atoms with Gasteiger partial charge in [0.2, 0.25) is 0 Å². The van der Waals surface area contributed by atoms with Crippen LogP contribution in [0.15, 0.2) is 0 Å². The molecule has 8 nitrogen and oxygen atoms in total. The van der Waals surface area contributed by atoms with Crippen molar-refractivity contribution in [2.45, 2.75) is 123 Å². The van der Waals surface area contributed by atoms with Crippen LogP contribution in [0.5, 0.6) is 0 Å². The third-order valence-corrected chi connectivity index (χ3v) is 13.6. The second-order valence-electron chi connectivity index (χ2n) is 13.8. The summed E-state index contributed by atoms with van der Waals surface area (Å²) >= 11 is 0. The van der Waals surface area contributed by atoms with E-state index in [-0.39, 0.29) is 0 Å². The Bertz CT molecular complexity index is 686. The molecule has 0 aromatic rings. The second kappa shape index (κ2) is 11.4. The molecule has 1 heterocycles. The fourth-order valence-electron chi connectivity index (χ4n) is 3.19. The van der Waals surface area contributed by atoms with Gasteiger partial charge in [0, 0.05) is 0 Å². The third-order valence-electron chi connectivity index (χ3n) is 3.93. The first-order chi connectivity index (χ1) is 14.8. The highest BCUT2D eigenvalue weighted by atomic mass is 31.2. The van der Waals surface area contributed by atoms with E-state index in [2.05, 4.69) is 58.9 Å². The van der Waals surface area contributed by atoms with Crippen LogP contribution in [-0.2, 0) is 35.5 Å². The molecule has 4 atom stereocenters. The van der Waals surface area contributed by atoms with Gasteiger partial charge in [-0.25, -0.2) is 4.57 Å². The Kier molecular flexibility index (Phi) is 11.1. The van der Waals surface area contributed by atoms with E-state index >= 15 is 0 Å². The van der Waals surface area contributed by atoms with E-state index in [1.165, 1.54) is 0 Å². The summed E-state index contributed by atoms with van der Waals surface area (Å²) in [6, 6.07) is 0. The van der Waals surface area contributed by atoms with Crippen molar-refractivity contribution in [2.24, 2.45) is 0 Å². The first kappa shape index (κ1) is 33.1. The maximum Gasteiger partial charge on any atom is 0.457 e. The van der Waals surface area contributed by atoms with E-state index in [4.69, 9.17) is 31.0 Å². The molecule has 1 unspecified atom stereocenters. The number of hydrogen-bond donors (Lipinski definition) is 0. The highest BCUT2D eigenvalue weighted by Gasteiger charge is 2.53. The molecular formula is C20H51O8PSi5. The average Bonchev–Trinajstić information content (AvgIpc) is 2.74. The van der Waals surface area contributed by atoms with Gasteiger partial charge < -0.3 is 26.4 Å². The van der Waals surface area contributed by atoms with Crippen LogP contribution in [0.3, 0.4) is 0 Å². The highest BCUT2D eigenvalue weighted by molar-refractivity contribution is 7.52. The van der Waals surface area contributed by atoms with E-state index in [0.717, 1.165) is 0 Å². The molecule has 0 aromatic heterocycles. The molecule has 0 saturated carbocycles. The van der Waals surface area contributed by atoms with Gasteiger partial charge in [0.15, 0.2) is 47.9 Å². The van der Waals surface area contributed by atoms with Gasteiger partial charge >= 0.3 is 7.82 Å². The maximum absolute atomic E-state index is 13.9. The zero-order chi connectivity index (χ0) is 27.0. The lowest BCUT2D eigenvalue weighted by atomic mass is 10.1. The number of ether oxygens (including phenoxy) is 1. The van der Waals surface area contributed by atoms with Crippen molar-refractivity contribution in [1.82, 2.24) is 0 Å². The van der Waals surface area contributed by atoms with Crippen LogP contribution in [0.2, 0.25) is 98.2 Å². The molecule has 1 aliphatic rings. The molecule has 14 heteroatoms. The molecule has 1 fully saturated rings. The molecule has 0 radical (unpaired) electrons. The van der Waals surface area contributed by atoms with E-state index in [0.29, 0.717) is 6.61 Å². The summed E-state index contributed by atoms with van der Waals surface area (Å²) in [5.74, 6) is 0. The molecular weight excluding hydrogens is 540 g/mol. The Morgan fingerprint density at radius 1 is 0.618 bits per heavy atom. The molecule has 34 heavy (non-hydrogen) atoms. The van der Waals surface area contributed by atoms with Gasteiger partial charge in [0.25, 0.3) is 0 Å². The van der Waals surface area contributed by atoms with Crippen LogP contribution in [0.25, 0.3) is 0 Å². The first-order valence-corrected chi connectivity index (χ1v) is 30.6. The fraction of sp³-hybridized carbons (Fsp3) is 1.00. The average molecular weight is 591 g/mol. The van der Waals surface area contributed by atoms with Gasteiger partial charge in [0.05, 0.1) is 6.61 Å². The van der Waals surface area contributed by atoms with Gasteiger partial charge in [0.1, 0.15) is 18.3 Å². The quantitative estimate of drug-likeness (QED) is 0.171. The van der Waals surface area contributed by atoms with Crippen LogP contribution >= 0.6 is 7.82 Å². The lowest BCUT2D eigenvalue weighted by Crippen LogP contribution is -2.49. The first-order valence-electron chi connectivity index (χ1n) is 12.1. The highest BCUT2D eigenvalue weighted by Crippen LogP contribution is 2.56. The molecule has 204 valence electrons. The Balaban J connectivity index is 3.40. The van der Waals surface area contributed by atoms with Crippen molar-refractivity contribution in [3.8, 4) is 0 Å². The molecule has 0 aromatic carbocycles. The van der Waals surface area contributed by atoms with Crippen LogP contribution in [-0.4, -0.2) is 72.8 Å². The van der Waals surface area contributed by atoms with Crippen LogP contribution in [0.1, 0.15) is 0 Å². The predicted molar refractivity (Wildman–Crippen MR) is 152 cm³/mol. The Morgan fingerprint density at radius 2 is 1.03 bits per heavy atom. The molecule has 0 spiro atoms. The van der Waals surface area contributed by atoms with Crippen molar-refractivity contribution in [3.05, 3.63) is 0 Å². The summed E-state index contributed by atoms with van der Waals surface area (Å²) in [7, 11) is -14.3. The summed E-state index contributed by atoms with van der Waals surface area (Å²) in [6.07, 6.45) is -2.30. The van der Waals surface area contributed by atoms with Crippen molar-refractivity contribution in [3.63, 3.8) is 0 Å². The Hall–Kier alpha value is 1.03. The summed E-state index contributed by atoms with van der Waals surface area (Å²) in [6.45, 7) is 31.3. The van der Waals surface area contributed by atoms with Gasteiger partial charge in [-0.1, -0.05) is 0 Å². The molecule has 0 bridgehead atoms. The minimum atomic E-state index is -3.91. The maximum atomic E-state index is 13.9. The van der Waals surface area contributed by atoms with E-state index in [1.54, 1.807) is 0 Å². The lowest BCUT2D eigenvalue weighted by Gasteiger charge is -2.35. The Morgan fingerprint density at radius 3 is 1.38 bits per heavy atom. The number of hydrogen-bond acceptors (Lipinski definition) is 8. The van der Waals surface area contributed by atoms with Crippen LogP contribution in [0, 0.1) is 0 Å². The van der Waals surface area contributed by atoms with Crippen molar-refractivity contribution >= 4 is 49.4 Å². The van der Waals surface area contributed by atoms with Crippen molar-refractivity contribution in [1.29, 1.82) is 0 Å². The van der Waals surface area contributed by atoms with Gasteiger partial charge in [-0.2, -0.15) is 0 Å². The summed E-state index contributed by atoms with van der Waals surface area (Å²) in [5.41, 5.74) is 0. The third kappa shape index (κ3) is 13.5. The molecule has 1 aliphatic heterocycles. The fourth-order valence-corrected chi connectivity index (χ4v) is 12.6. The largest absolute Gasteiger partial charge is 0.457 e. The second-order valence-corrected chi connectivity index (χ2v) is 38.3. The standard InChI is InChI=1S/C20H51O8PSi5/c1-30(2,3)22-16-17-18(25-31(4,5)6)19(26-32(7,8)9)20(23-17)24-29(21,27-33(10,11)12)28-34(13,14)15/h17-20H,16H2,1-15H3/t17-,18-,19-,20?/m1/s1. The molecule has 0 aliphatic carbocycles. The lowest BCUT2D eigenvalue weighted by molar-refractivity contribution is -0.120. The van der Waals surface area contributed by atoms with Gasteiger partial charge in [-0.05, 0) is 98.2 Å². The van der Waals surface area contributed by atoms with Crippen LogP contribution < -0.4 is 0 Å². The zero-order valence-corrected chi connectivity index (χ0v) is 30.1. The van der Waals surface area contributed by atoms with E-state index < -0.39 is 74.0 Å². The number of rotatable bonds is 13. The zero-order valence-electron chi connectivity index (χ0n) is 24.2. The summed E-state index contributed by atoms with van der Waals surface area (Å²) in [4.78, 5) is 0. The monoisotopic (exact) mass is 590 g/mol. The number of phosphoric acid groups is 1. The predicted octanol–water partition coefficient (Wildman–Crippen LogP) is 6.83. The van der Waals surface area contributed by atoms with Gasteiger partial charge in [-0.3, -0.25) is 4.52 Å². The van der Waals surface area contributed by atoms with E-state index in [1.807, 2.05) is 39.3 Å². The topological polar surface area (TPSA) is 81.7 Å². The summed E-state index contributed by atoms with van der Waals surface area (Å²) < 4.78 is 57.9. The molecule has 0 amide bonds. The van der Waals surface area contributed by atoms with Crippen molar-refractivity contribution < 1.29 is 35.5 Å². The van der Waals surface area contributed by atoms with Gasteiger partial charge in [-0.15, -0.1) is 0 Å². The SMILES string of the molecule is C[Si](C)(C)OC[C@H]1OC(OP(=O)(O[Si](C)(C)C)O[Si](C)(C)C)[C@H](O[Si](C)(C)C)[C@@H]1O[Si](C)(C)C. The van der Waals surface area contributed by atoms with E-state index in [9.17, 15) is 4.57 Å². The van der Waals surface area contributed by atoms with Crippen molar-refractivity contribution in [2.75, 3.05) is 6.61 Å². The normalized spacial score (nSPS) is 25.7. The smallest absolute Gasteiger partial charge is 0.415 e. The minimum absolute atomic E-state index is 0.365.